The summed E-state index contributed by atoms with van der Waals surface area (Å²) in [6, 6.07) is 1.89. The summed E-state index contributed by atoms with van der Waals surface area (Å²) < 4.78 is 6.95. The van der Waals surface area contributed by atoms with E-state index in [4.69, 9.17) is 4.43 Å². The van der Waals surface area contributed by atoms with Gasteiger partial charge in [-0.25, -0.2) is 9.97 Å². The molecular formula is C34H52N2O2Si. The van der Waals surface area contributed by atoms with Crippen LogP contribution in [0.3, 0.4) is 0 Å². The molecule has 1 aromatic rings. The third kappa shape index (κ3) is 4.10. The van der Waals surface area contributed by atoms with Crippen LogP contribution in [0.4, 0.5) is 0 Å². The Kier molecular flexibility index (Phi) is 6.48. The zero-order valence-electron chi connectivity index (χ0n) is 25.8. The van der Waals surface area contributed by atoms with Crippen molar-refractivity contribution in [3.63, 3.8) is 0 Å². The van der Waals surface area contributed by atoms with E-state index in [0.29, 0.717) is 35.6 Å². The van der Waals surface area contributed by atoms with Crippen LogP contribution in [0.2, 0.25) is 18.1 Å². The van der Waals surface area contributed by atoms with Crippen molar-refractivity contribution in [1.29, 1.82) is 0 Å². The van der Waals surface area contributed by atoms with Crippen LogP contribution in [-0.2, 0) is 15.6 Å². The lowest BCUT2D eigenvalue weighted by Crippen LogP contribution is -2.53. The maximum absolute atomic E-state index is 14.4. The van der Waals surface area contributed by atoms with Crippen LogP contribution in [0.25, 0.3) is 0 Å². The van der Waals surface area contributed by atoms with E-state index in [-0.39, 0.29) is 27.2 Å². The highest BCUT2D eigenvalue weighted by Crippen LogP contribution is 2.73. The van der Waals surface area contributed by atoms with E-state index in [2.05, 4.69) is 70.7 Å². The Labute approximate surface area is 238 Å². The first-order valence-electron chi connectivity index (χ1n) is 15.9. The van der Waals surface area contributed by atoms with Crippen molar-refractivity contribution in [2.24, 2.45) is 45.8 Å². The maximum Gasteiger partial charge on any atom is 0.192 e. The van der Waals surface area contributed by atoms with Crippen LogP contribution in [0.1, 0.15) is 98.7 Å². The first-order valence-corrected chi connectivity index (χ1v) is 18.8. The Balaban J connectivity index is 1.26. The van der Waals surface area contributed by atoms with E-state index < -0.39 is 8.32 Å². The third-order valence-corrected chi connectivity index (χ3v) is 17.9. The molecule has 0 radical (unpaired) electrons. The van der Waals surface area contributed by atoms with Crippen LogP contribution in [0, 0.1) is 45.8 Å². The predicted octanol–water partition coefficient (Wildman–Crippen LogP) is 8.19. The topological polar surface area (TPSA) is 52.1 Å². The molecule has 0 N–H and O–H groups in total. The number of hydrogen-bond acceptors (Lipinski definition) is 4. The van der Waals surface area contributed by atoms with Gasteiger partial charge in [0.05, 0.1) is 0 Å². The predicted molar refractivity (Wildman–Crippen MR) is 160 cm³/mol. The summed E-state index contributed by atoms with van der Waals surface area (Å²) in [6.07, 6.45) is 16.9. The Bertz CT molecular complexity index is 1160. The third-order valence-electron chi connectivity index (χ3n) is 13.4. The maximum atomic E-state index is 14.4. The van der Waals surface area contributed by atoms with E-state index >= 15 is 0 Å². The minimum Gasteiger partial charge on any atom is -0.414 e. The van der Waals surface area contributed by atoms with E-state index in [1.807, 2.05) is 18.5 Å². The Morgan fingerprint density at radius 3 is 2.38 bits per heavy atom. The summed E-state index contributed by atoms with van der Waals surface area (Å²) >= 11 is 0. The van der Waals surface area contributed by atoms with Crippen LogP contribution in [0.15, 0.2) is 30.1 Å². The molecule has 0 unspecified atom stereocenters. The molecule has 0 spiro atoms. The van der Waals surface area contributed by atoms with Crippen molar-refractivity contribution in [1.82, 2.24) is 9.97 Å². The second kappa shape index (κ2) is 9.08. The number of allylic oxidation sites excluding steroid dienone is 1. The lowest BCUT2D eigenvalue weighted by Gasteiger charge is -2.59. The van der Waals surface area contributed by atoms with Crippen molar-refractivity contribution in [2.75, 3.05) is 0 Å². The van der Waals surface area contributed by atoms with Crippen molar-refractivity contribution >= 4 is 14.1 Å². The summed E-state index contributed by atoms with van der Waals surface area (Å²) in [6.45, 7) is 19.3. The minimum absolute atomic E-state index is 0.110. The van der Waals surface area contributed by atoms with E-state index in [1.165, 1.54) is 25.7 Å². The number of carbonyl (C=O) groups excluding carboxylic acids is 1. The molecule has 5 aliphatic carbocycles. The van der Waals surface area contributed by atoms with Crippen LogP contribution < -0.4 is 0 Å². The van der Waals surface area contributed by atoms with Gasteiger partial charge in [0, 0.05) is 36.3 Å². The molecule has 5 heteroatoms. The minimum atomic E-state index is -1.78. The number of carbonyl (C=O) groups is 1. The number of ketones is 1. The van der Waals surface area contributed by atoms with Gasteiger partial charge in [-0.2, -0.15) is 0 Å². The fourth-order valence-corrected chi connectivity index (χ4v) is 11.9. The zero-order chi connectivity index (χ0) is 28.0. The Morgan fingerprint density at radius 1 is 1.00 bits per heavy atom. The number of nitrogens with zero attached hydrogens (tertiary/aromatic N) is 2. The summed E-state index contributed by atoms with van der Waals surface area (Å²) in [7, 11) is -1.78. The van der Waals surface area contributed by atoms with E-state index in [1.54, 1.807) is 5.57 Å². The standard InChI is InChI=1S/C34H52N2O2Si/c1-31(2,3)39(7,8)38-24-13-16-32(4)23(21-24)10-11-25-26(32)14-17-34(6)29(25)33(5)15-12-22(28(33)30(34)37)20-27-35-18-9-19-36-27/h9-10,18-19,22,24-26,28-29H,11-17,20-21H2,1-8H3/t22-,24+,25-,26+,28+,29-,32+,33+,34+/m1/s1. The Hall–Kier alpha value is -1.33. The van der Waals surface area contributed by atoms with E-state index in [9.17, 15) is 4.79 Å². The average molecular weight is 549 g/mol. The molecule has 0 saturated heterocycles. The van der Waals surface area contributed by atoms with Crippen LogP contribution in [-0.4, -0.2) is 30.2 Å². The molecule has 4 fully saturated rings. The highest BCUT2D eigenvalue weighted by molar-refractivity contribution is 6.74. The number of hydrogen-bond donors (Lipinski definition) is 0. The van der Waals surface area contributed by atoms with Gasteiger partial charge in [-0.15, -0.1) is 0 Å². The molecule has 1 aromatic heterocycles. The van der Waals surface area contributed by atoms with Crippen LogP contribution >= 0.6 is 0 Å². The molecule has 0 aliphatic heterocycles. The summed E-state index contributed by atoms with van der Waals surface area (Å²) in [5.74, 6) is 3.87. The number of rotatable bonds is 4. The lowest BCUT2D eigenvalue weighted by atomic mass is 9.45. The zero-order valence-corrected chi connectivity index (χ0v) is 26.8. The van der Waals surface area contributed by atoms with Gasteiger partial charge in [0.25, 0.3) is 0 Å². The van der Waals surface area contributed by atoms with Gasteiger partial charge >= 0.3 is 0 Å². The smallest absolute Gasteiger partial charge is 0.192 e. The molecule has 0 bridgehead atoms. The van der Waals surface area contributed by atoms with Gasteiger partial charge in [0.2, 0.25) is 0 Å². The molecule has 1 heterocycles. The summed E-state index contributed by atoms with van der Waals surface area (Å²) in [5.41, 5.74) is 1.89. The molecule has 0 amide bonds. The highest BCUT2D eigenvalue weighted by atomic mass is 28.4. The lowest BCUT2D eigenvalue weighted by molar-refractivity contribution is -0.135. The molecule has 0 aromatic carbocycles. The van der Waals surface area contributed by atoms with Crippen molar-refractivity contribution in [3.8, 4) is 0 Å². The SMILES string of the molecule is CC(C)(C)[Si](C)(C)O[C@H]1CC[C@@]2(C)C(=CC[C@H]3[C@@H]4[C@@]5(C)CC[C@H](Cc6ncccn6)[C@H]5C(=O)[C@@]4(C)CC[C@@H]32)C1. The fourth-order valence-electron chi connectivity index (χ4n) is 10.5. The van der Waals surface area contributed by atoms with Gasteiger partial charge in [-0.3, -0.25) is 4.79 Å². The quantitative estimate of drug-likeness (QED) is 0.281. The molecule has 4 saturated carbocycles. The van der Waals surface area contributed by atoms with Gasteiger partial charge in [0.15, 0.2) is 8.32 Å². The first kappa shape index (κ1) is 27.8. The fraction of sp³-hybridized carbons (Fsp3) is 0.794. The molecule has 6 rings (SSSR count). The van der Waals surface area contributed by atoms with Gasteiger partial charge in [-0.05, 0) is 110 Å². The highest BCUT2D eigenvalue weighted by Gasteiger charge is 2.71. The van der Waals surface area contributed by atoms with Gasteiger partial charge < -0.3 is 4.43 Å². The van der Waals surface area contributed by atoms with Crippen molar-refractivity contribution < 1.29 is 9.22 Å². The number of aromatic nitrogens is 2. The van der Waals surface area contributed by atoms with Gasteiger partial charge in [-0.1, -0.05) is 53.2 Å². The molecular weight excluding hydrogens is 496 g/mol. The summed E-state index contributed by atoms with van der Waals surface area (Å²) in [5, 5.41) is 0.250. The second-order valence-corrected chi connectivity index (χ2v) is 21.1. The van der Waals surface area contributed by atoms with Gasteiger partial charge in [0.1, 0.15) is 11.6 Å². The van der Waals surface area contributed by atoms with Crippen LogP contribution in [0.5, 0.6) is 0 Å². The first-order chi connectivity index (χ1) is 18.2. The number of fused-ring (bicyclic) bond motifs is 7. The molecule has 9 atom stereocenters. The monoisotopic (exact) mass is 548 g/mol. The normalized spacial score (nSPS) is 43.8. The summed E-state index contributed by atoms with van der Waals surface area (Å²) in [4.78, 5) is 23.4. The molecule has 4 nitrogen and oxygen atoms in total. The largest absolute Gasteiger partial charge is 0.414 e. The molecule has 5 aliphatic rings. The number of Topliss-reactive ketones (excluding diaryl/α,β-unsaturated/α-hetero) is 1. The van der Waals surface area contributed by atoms with E-state index in [0.717, 1.165) is 37.9 Å². The molecule has 39 heavy (non-hydrogen) atoms. The average Bonchev–Trinajstić information content (AvgIpc) is 3.27. The Morgan fingerprint density at radius 2 is 1.69 bits per heavy atom. The molecule has 214 valence electrons. The van der Waals surface area contributed by atoms with Crippen molar-refractivity contribution in [3.05, 3.63) is 35.9 Å². The van der Waals surface area contributed by atoms with Crippen molar-refractivity contribution in [2.45, 2.75) is 124 Å². The second-order valence-electron chi connectivity index (χ2n) is 16.3.